The van der Waals surface area contributed by atoms with E-state index in [-0.39, 0.29) is 12.4 Å². The molecule has 0 saturated carbocycles. The third-order valence-corrected chi connectivity index (χ3v) is 7.50. The summed E-state index contributed by atoms with van der Waals surface area (Å²) >= 11 is 1.36. The zero-order valence-electron chi connectivity index (χ0n) is 12.1. The van der Waals surface area contributed by atoms with E-state index in [0.29, 0.717) is 23.3 Å². The first kappa shape index (κ1) is 17.2. The molecule has 1 N–H and O–H groups in total. The van der Waals surface area contributed by atoms with Gasteiger partial charge in [0, 0.05) is 43.6 Å². The van der Waals surface area contributed by atoms with Gasteiger partial charge in [0.1, 0.15) is 4.21 Å². The number of hydrogen-bond donors (Lipinski definition) is 1. The quantitative estimate of drug-likeness (QED) is 0.887. The van der Waals surface area contributed by atoms with E-state index in [1.54, 1.807) is 10.4 Å². The van der Waals surface area contributed by atoms with Gasteiger partial charge in [0.15, 0.2) is 0 Å². The van der Waals surface area contributed by atoms with Crippen LogP contribution in [0.3, 0.4) is 0 Å². The Morgan fingerprint density at radius 1 is 1.24 bits per heavy atom. The lowest BCUT2D eigenvalue weighted by atomic mass is 10.2. The zero-order valence-corrected chi connectivity index (χ0v) is 14.6. The average molecular weight is 352 g/mol. The lowest BCUT2D eigenvalue weighted by Crippen LogP contribution is -2.52. The summed E-state index contributed by atoms with van der Waals surface area (Å²) in [5.41, 5.74) is 0. The van der Waals surface area contributed by atoms with Crippen LogP contribution in [0.1, 0.15) is 11.3 Å². The molecule has 2 saturated heterocycles. The number of nitrogens with zero attached hydrogens (tertiary/aromatic N) is 2. The molecule has 1 aromatic rings. The molecule has 8 heteroatoms. The monoisotopic (exact) mass is 351 g/mol. The van der Waals surface area contributed by atoms with Gasteiger partial charge < -0.3 is 5.32 Å². The molecule has 0 amide bonds. The summed E-state index contributed by atoms with van der Waals surface area (Å²) in [6, 6.07) is 4.18. The van der Waals surface area contributed by atoms with Gasteiger partial charge in [0.05, 0.1) is 0 Å². The second-order valence-corrected chi connectivity index (χ2v) is 8.90. The van der Waals surface area contributed by atoms with E-state index in [1.807, 2.05) is 13.0 Å². The van der Waals surface area contributed by atoms with Crippen LogP contribution in [0.4, 0.5) is 0 Å². The molecule has 1 unspecified atom stereocenters. The highest BCUT2D eigenvalue weighted by atomic mass is 35.5. The first-order chi connectivity index (χ1) is 9.57. The second-order valence-electron chi connectivity index (χ2n) is 5.45. The van der Waals surface area contributed by atoms with Gasteiger partial charge in [-0.25, -0.2) is 8.42 Å². The zero-order chi connectivity index (χ0) is 14.2. The van der Waals surface area contributed by atoms with Crippen LogP contribution in [0.5, 0.6) is 0 Å². The first-order valence-corrected chi connectivity index (χ1v) is 9.34. The van der Waals surface area contributed by atoms with Gasteiger partial charge in [-0.05, 0) is 32.0 Å². The first-order valence-electron chi connectivity index (χ1n) is 7.09. The summed E-state index contributed by atoms with van der Waals surface area (Å²) in [4.78, 5) is 3.46. The van der Waals surface area contributed by atoms with Crippen molar-refractivity contribution in [2.75, 3.05) is 39.3 Å². The molecule has 3 heterocycles. The molecule has 2 aliphatic rings. The Kier molecular flexibility index (Phi) is 5.67. The van der Waals surface area contributed by atoms with Crippen LogP contribution in [-0.2, 0) is 10.0 Å². The third-order valence-electron chi connectivity index (χ3n) is 4.13. The highest BCUT2D eigenvalue weighted by Crippen LogP contribution is 2.25. The average Bonchev–Trinajstić information content (AvgIpc) is 3.10. The largest absolute Gasteiger partial charge is 0.315 e. The Bertz CT molecular complexity index is 562. The van der Waals surface area contributed by atoms with Crippen molar-refractivity contribution < 1.29 is 8.42 Å². The minimum Gasteiger partial charge on any atom is -0.315 e. The predicted molar refractivity (Wildman–Crippen MR) is 87.9 cm³/mol. The van der Waals surface area contributed by atoms with Gasteiger partial charge >= 0.3 is 0 Å². The maximum atomic E-state index is 12.5. The summed E-state index contributed by atoms with van der Waals surface area (Å²) in [6.07, 6.45) is 1.18. The normalized spacial score (nSPS) is 24.9. The third kappa shape index (κ3) is 3.60. The standard InChI is InChI=1S/C13H21N3O2S2.ClH/c1-11-2-3-13(19-11)20(17,18)16-8-6-15(7-9-16)12-4-5-14-10-12;/h2-3,12,14H,4-10H2,1H3;1H. The summed E-state index contributed by atoms with van der Waals surface area (Å²) in [5, 5.41) is 3.37. The van der Waals surface area contributed by atoms with Crippen molar-refractivity contribution in [1.29, 1.82) is 0 Å². The molecule has 0 radical (unpaired) electrons. The van der Waals surface area contributed by atoms with Crippen LogP contribution in [0, 0.1) is 6.92 Å². The van der Waals surface area contributed by atoms with Gasteiger partial charge in [-0.15, -0.1) is 23.7 Å². The number of thiophene rings is 1. The molecule has 2 fully saturated rings. The fourth-order valence-electron chi connectivity index (χ4n) is 2.94. The van der Waals surface area contributed by atoms with Crippen LogP contribution < -0.4 is 5.32 Å². The van der Waals surface area contributed by atoms with E-state index in [4.69, 9.17) is 0 Å². The van der Waals surface area contributed by atoms with Crippen molar-refractivity contribution in [3.8, 4) is 0 Å². The molecule has 21 heavy (non-hydrogen) atoms. The van der Waals surface area contributed by atoms with Gasteiger partial charge in [-0.1, -0.05) is 0 Å². The van der Waals surface area contributed by atoms with Crippen molar-refractivity contribution in [3.05, 3.63) is 17.0 Å². The van der Waals surface area contributed by atoms with E-state index >= 15 is 0 Å². The van der Waals surface area contributed by atoms with Crippen LogP contribution in [0.2, 0.25) is 0 Å². The highest BCUT2D eigenvalue weighted by molar-refractivity contribution is 7.91. The number of piperazine rings is 1. The summed E-state index contributed by atoms with van der Waals surface area (Å²) in [7, 11) is -3.28. The molecule has 2 aliphatic heterocycles. The van der Waals surface area contributed by atoms with Gasteiger partial charge in [-0.2, -0.15) is 4.31 Å². The summed E-state index contributed by atoms with van der Waals surface area (Å²) < 4.78 is 27.2. The smallest absolute Gasteiger partial charge is 0.252 e. The van der Waals surface area contributed by atoms with Crippen LogP contribution in [0.25, 0.3) is 0 Å². The molecular weight excluding hydrogens is 330 g/mol. The minimum absolute atomic E-state index is 0. The van der Waals surface area contributed by atoms with Crippen LogP contribution >= 0.6 is 23.7 Å². The maximum absolute atomic E-state index is 12.5. The lowest BCUT2D eigenvalue weighted by molar-refractivity contribution is 0.145. The fraction of sp³-hybridized carbons (Fsp3) is 0.692. The fourth-order valence-corrected chi connectivity index (χ4v) is 5.80. The topological polar surface area (TPSA) is 52.7 Å². The van der Waals surface area contributed by atoms with Crippen LogP contribution in [0.15, 0.2) is 16.3 Å². The summed E-state index contributed by atoms with van der Waals surface area (Å²) in [6.45, 7) is 6.96. The summed E-state index contributed by atoms with van der Waals surface area (Å²) in [5.74, 6) is 0. The molecule has 3 rings (SSSR count). The molecule has 120 valence electrons. The predicted octanol–water partition coefficient (Wildman–Crippen LogP) is 1.15. The van der Waals surface area contributed by atoms with Gasteiger partial charge in [-0.3, -0.25) is 4.90 Å². The Hall–Kier alpha value is -0.180. The molecule has 1 aromatic heterocycles. The van der Waals surface area contributed by atoms with Crippen molar-refractivity contribution in [2.45, 2.75) is 23.6 Å². The number of sulfonamides is 1. The molecule has 5 nitrogen and oxygen atoms in total. The van der Waals surface area contributed by atoms with Crippen LogP contribution in [-0.4, -0.2) is 62.9 Å². The molecule has 0 bridgehead atoms. The second kappa shape index (κ2) is 6.93. The molecule has 0 spiro atoms. The van der Waals surface area contributed by atoms with E-state index < -0.39 is 10.0 Å². The Morgan fingerprint density at radius 2 is 1.95 bits per heavy atom. The number of hydrogen-bond acceptors (Lipinski definition) is 5. The Morgan fingerprint density at radius 3 is 2.48 bits per heavy atom. The van der Waals surface area contributed by atoms with E-state index in [9.17, 15) is 8.42 Å². The number of nitrogens with one attached hydrogen (secondary N) is 1. The molecule has 0 aromatic carbocycles. The SMILES string of the molecule is Cc1ccc(S(=O)(=O)N2CCN(C3CCNC3)CC2)s1.Cl. The molecule has 1 atom stereocenters. The number of rotatable bonds is 3. The number of aryl methyl sites for hydroxylation is 1. The van der Waals surface area contributed by atoms with Crippen molar-refractivity contribution in [1.82, 2.24) is 14.5 Å². The maximum Gasteiger partial charge on any atom is 0.252 e. The van der Waals surface area contributed by atoms with E-state index in [1.165, 1.54) is 17.8 Å². The van der Waals surface area contributed by atoms with Gasteiger partial charge in [0.25, 0.3) is 10.0 Å². The lowest BCUT2D eigenvalue weighted by Gasteiger charge is -2.36. The van der Waals surface area contributed by atoms with Gasteiger partial charge in [0.2, 0.25) is 0 Å². The Balaban J connectivity index is 0.00000161. The Labute approximate surface area is 136 Å². The molecular formula is C13H22ClN3O2S2. The minimum atomic E-state index is -3.28. The van der Waals surface area contributed by atoms with E-state index in [0.717, 1.165) is 31.1 Å². The highest BCUT2D eigenvalue weighted by Gasteiger charge is 2.32. The van der Waals surface area contributed by atoms with E-state index in [2.05, 4.69) is 10.2 Å². The van der Waals surface area contributed by atoms with Crippen molar-refractivity contribution in [3.63, 3.8) is 0 Å². The van der Waals surface area contributed by atoms with Crippen molar-refractivity contribution in [2.24, 2.45) is 0 Å². The van der Waals surface area contributed by atoms with Crippen molar-refractivity contribution >= 4 is 33.8 Å². The number of halogens is 1. The molecule has 0 aliphatic carbocycles.